The van der Waals surface area contributed by atoms with Crippen molar-refractivity contribution in [2.24, 2.45) is 0 Å². The minimum atomic E-state index is -0.309. The van der Waals surface area contributed by atoms with Crippen molar-refractivity contribution in [3.8, 4) is 11.8 Å². The highest BCUT2D eigenvalue weighted by Gasteiger charge is 2.09. The molecule has 6 nitrogen and oxygen atoms in total. The maximum absolute atomic E-state index is 11.7. The van der Waals surface area contributed by atoms with E-state index in [2.05, 4.69) is 10.6 Å². The number of nitrogens with one attached hydrogen (secondary N) is 2. The van der Waals surface area contributed by atoms with Gasteiger partial charge < -0.3 is 20.5 Å². The van der Waals surface area contributed by atoms with Crippen LogP contribution in [0.5, 0.6) is 5.75 Å². The van der Waals surface area contributed by atoms with Gasteiger partial charge >= 0.3 is 6.03 Å². The molecule has 0 saturated heterocycles. The predicted octanol–water partition coefficient (Wildman–Crippen LogP) is 1.87. The molecule has 0 bridgehead atoms. The number of anilines is 1. The largest absolute Gasteiger partial charge is 0.479 e. The van der Waals surface area contributed by atoms with Gasteiger partial charge in [-0.05, 0) is 37.1 Å². The van der Waals surface area contributed by atoms with Gasteiger partial charge in [0.1, 0.15) is 11.8 Å². The van der Waals surface area contributed by atoms with E-state index < -0.39 is 0 Å². The molecule has 0 fully saturated rings. The molecule has 0 aromatic heterocycles. The van der Waals surface area contributed by atoms with Gasteiger partial charge in [0.05, 0.1) is 0 Å². The normalized spacial score (nSPS) is 11.2. The molecule has 0 heterocycles. The van der Waals surface area contributed by atoms with Crippen LogP contribution in [0, 0.1) is 11.3 Å². The van der Waals surface area contributed by atoms with Crippen molar-refractivity contribution in [1.29, 1.82) is 5.26 Å². The number of benzene rings is 1. The van der Waals surface area contributed by atoms with Crippen LogP contribution in [0.2, 0.25) is 0 Å². The number of urea groups is 1. The summed E-state index contributed by atoms with van der Waals surface area (Å²) in [6.45, 7) is 1.98. The van der Waals surface area contributed by atoms with Gasteiger partial charge in [-0.15, -0.1) is 0 Å². The van der Waals surface area contributed by atoms with Gasteiger partial charge in [0, 0.05) is 18.3 Å². The lowest BCUT2D eigenvalue weighted by Gasteiger charge is -2.16. The molecule has 2 amide bonds. The molecule has 0 saturated carbocycles. The Morgan fingerprint density at radius 1 is 1.45 bits per heavy atom. The molecule has 0 radical (unpaired) electrons. The lowest BCUT2D eigenvalue weighted by atomic mass is 10.2. The molecule has 1 rings (SSSR count). The maximum atomic E-state index is 11.7. The van der Waals surface area contributed by atoms with Gasteiger partial charge in [-0.1, -0.05) is 6.92 Å². The average Bonchev–Trinajstić information content (AvgIpc) is 2.46. The molecule has 1 atom stereocenters. The first-order chi connectivity index (χ1) is 9.69. The summed E-state index contributed by atoms with van der Waals surface area (Å²) < 4.78 is 5.11. The molecule has 0 aliphatic carbocycles. The van der Waals surface area contributed by atoms with Crippen LogP contribution in [-0.4, -0.2) is 30.4 Å². The summed E-state index contributed by atoms with van der Waals surface area (Å²) in [5.41, 5.74) is 0.630. The number of aliphatic hydroxyl groups excluding tert-OH is 1. The van der Waals surface area contributed by atoms with Crippen molar-refractivity contribution in [3.63, 3.8) is 0 Å². The van der Waals surface area contributed by atoms with Gasteiger partial charge in [0.2, 0.25) is 0 Å². The second-order valence-electron chi connectivity index (χ2n) is 4.19. The first kappa shape index (κ1) is 15.8. The fraction of sp³-hybridized carbons (Fsp3) is 0.429. The summed E-state index contributed by atoms with van der Waals surface area (Å²) in [6.07, 6.45) is 1.29. The Hall–Kier alpha value is -2.26. The van der Waals surface area contributed by atoms with Crippen molar-refractivity contribution in [3.05, 3.63) is 24.3 Å². The van der Waals surface area contributed by atoms with E-state index in [9.17, 15) is 4.79 Å². The number of rotatable bonds is 7. The summed E-state index contributed by atoms with van der Waals surface area (Å²) in [6, 6.07) is 8.27. The number of hydrogen-bond donors (Lipinski definition) is 3. The number of carbonyl (C=O) groups is 1. The SMILES string of the molecule is CCC(CCO)NC(=O)Nc1ccc(OCC#N)cc1. The maximum Gasteiger partial charge on any atom is 0.319 e. The predicted molar refractivity (Wildman–Crippen MR) is 75.5 cm³/mol. The molecule has 20 heavy (non-hydrogen) atoms. The number of hydrogen-bond acceptors (Lipinski definition) is 4. The molecule has 3 N–H and O–H groups in total. The van der Waals surface area contributed by atoms with Crippen molar-refractivity contribution >= 4 is 11.7 Å². The van der Waals surface area contributed by atoms with E-state index in [4.69, 9.17) is 15.1 Å². The quantitative estimate of drug-likeness (QED) is 0.709. The molecule has 1 unspecified atom stereocenters. The summed E-state index contributed by atoms with van der Waals surface area (Å²) in [7, 11) is 0. The molecule has 0 spiro atoms. The number of carbonyl (C=O) groups excluding carboxylic acids is 1. The smallest absolute Gasteiger partial charge is 0.319 e. The van der Waals surface area contributed by atoms with Crippen molar-refractivity contribution in [2.45, 2.75) is 25.8 Å². The van der Waals surface area contributed by atoms with Crippen LogP contribution < -0.4 is 15.4 Å². The lowest BCUT2D eigenvalue weighted by molar-refractivity contribution is 0.237. The first-order valence-corrected chi connectivity index (χ1v) is 6.47. The van der Waals surface area contributed by atoms with Crippen molar-refractivity contribution < 1.29 is 14.6 Å². The third-order valence-electron chi connectivity index (χ3n) is 2.72. The number of amides is 2. The highest BCUT2D eigenvalue weighted by Crippen LogP contribution is 2.15. The zero-order valence-electron chi connectivity index (χ0n) is 11.4. The molecule has 0 aliphatic heterocycles. The zero-order valence-corrected chi connectivity index (χ0v) is 11.4. The van der Waals surface area contributed by atoms with Crippen LogP contribution in [0.3, 0.4) is 0 Å². The molecule has 108 valence electrons. The Morgan fingerprint density at radius 2 is 2.15 bits per heavy atom. The van der Waals surface area contributed by atoms with Crippen LogP contribution in [0.1, 0.15) is 19.8 Å². The molecular weight excluding hydrogens is 258 g/mol. The third-order valence-corrected chi connectivity index (χ3v) is 2.72. The molecule has 1 aromatic rings. The van der Waals surface area contributed by atoms with E-state index in [0.29, 0.717) is 17.9 Å². The van der Waals surface area contributed by atoms with Gasteiger partial charge in [0.15, 0.2) is 6.61 Å². The standard InChI is InChI=1S/C14H19N3O3/c1-2-11(7-9-18)16-14(19)17-12-3-5-13(6-4-12)20-10-8-15/h3-6,11,18H,2,7,9-10H2,1H3,(H2,16,17,19). The van der Waals surface area contributed by atoms with E-state index in [-0.39, 0.29) is 25.3 Å². The first-order valence-electron chi connectivity index (χ1n) is 6.47. The van der Waals surface area contributed by atoms with E-state index in [1.54, 1.807) is 24.3 Å². The minimum absolute atomic E-state index is 0.00734. The zero-order chi connectivity index (χ0) is 14.8. The van der Waals surface area contributed by atoms with Crippen LogP contribution in [0.4, 0.5) is 10.5 Å². The monoisotopic (exact) mass is 277 g/mol. The van der Waals surface area contributed by atoms with E-state index in [0.717, 1.165) is 6.42 Å². The van der Waals surface area contributed by atoms with Crippen LogP contribution in [0.15, 0.2) is 24.3 Å². The molecule has 0 aliphatic rings. The topological polar surface area (TPSA) is 94.4 Å². The number of nitriles is 1. The Kier molecular flexibility index (Phi) is 6.93. The number of aliphatic hydroxyl groups is 1. The molecule has 1 aromatic carbocycles. The van der Waals surface area contributed by atoms with Gasteiger partial charge in [-0.25, -0.2) is 4.79 Å². The Morgan fingerprint density at radius 3 is 2.70 bits per heavy atom. The highest BCUT2D eigenvalue weighted by atomic mass is 16.5. The number of ether oxygens (including phenoxy) is 1. The fourth-order valence-corrected chi connectivity index (χ4v) is 1.64. The van der Waals surface area contributed by atoms with E-state index in [1.165, 1.54) is 0 Å². The van der Waals surface area contributed by atoms with Gasteiger partial charge in [-0.2, -0.15) is 5.26 Å². The summed E-state index contributed by atoms with van der Waals surface area (Å²) in [4.78, 5) is 11.7. The van der Waals surface area contributed by atoms with Crippen LogP contribution in [-0.2, 0) is 0 Å². The summed E-state index contributed by atoms with van der Waals surface area (Å²) in [5, 5.41) is 22.7. The van der Waals surface area contributed by atoms with Crippen molar-refractivity contribution in [2.75, 3.05) is 18.5 Å². The van der Waals surface area contributed by atoms with Crippen molar-refractivity contribution in [1.82, 2.24) is 5.32 Å². The third kappa shape index (κ3) is 5.59. The summed E-state index contributed by atoms with van der Waals surface area (Å²) in [5.74, 6) is 0.573. The second kappa shape index (κ2) is 8.77. The Labute approximate surface area is 118 Å². The molecular formula is C14H19N3O3. The van der Waals surface area contributed by atoms with E-state index in [1.807, 2.05) is 13.0 Å². The fourth-order valence-electron chi connectivity index (χ4n) is 1.64. The second-order valence-corrected chi connectivity index (χ2v) is 4.19. The Balaban J connectivity index is 2.47. The Bertz CT molecular complexity index is 454. The minimum Gasteiger partial charge on any atom is -0.479 e. The molecule has 6 heteroatoms. The van der Waals surface area contributed by atoms with Gasteiger partial charge in [0.25, 0.3) is 0 Å². The van der Waals surface area contributed by atoms with E-state index >= 15 is 0 Å². The van der Waals surface area contributed by atoms with Crippen LogP contribution >= 0.6 is 0 Å². The summed E-state index contributed by atoms with van der Waals surface area (Å²) >= 11 is 0. The number of nitrogens with zero attached hydrogens (tertiary/aromatic N) is 1. The average molecular weight is 277 g/mol. The lowest BCUT2D eigenvalue weighted by Crippen LogP contribution is -2.38. The van der Waals surface area contributed by atoms with Crippen LogP contribution in [0.25, 0.3) is 0 Å². The van der Waals surface area contributed by atoms with Gasteiger partial charge in [-0.3, -0.25) is 0 Å². The highest BCUT2D eigenvalue weighted by molar-refractivity contribution is 5.89.